The number of carbonyl (C=O) groups is 1. The summed E-state index contributed by atoms with van der Waals surface area (Å²) in [4.78, 5) is 14.5. The number of carbonyl (C=O) groups excluding carboxylic acids is 1. The summed E-state index contributed by atoms with van der Waals surface area (Å²) in [6, 6.07) is 10.9. The molecule has 1 aliphatic heterocycles. The van der Waals surface area contributed by atoms with Crippen molar-refractivity contribution in [2.24, 2.45) is 5.92 Å². The Kier molecular flexibility index (Phi) is 3.73. The van der Waals surface area contributed by atoms with Crippen LogP contribution in [0.5, 0.6) is 0 Å². The minimum absolute atomic E-state index is 0.247. The second-order valence-electron chi connectivity index (χ2n) is 5.87. The van der Waals surface area contributed by atoms with E-state index in [0.717, 1.165) is 24.9 Å². The maximum atomic E-state index is 12.1. The lowest BCUT2D eigenvalue weighted by molar-refractivity contribution is -0.125. The number of nitrogens with zero attached hydrogens (tertiary/aromatic N) is 2. The van der Waals surface area contributed by atoms with Gasteiger partial charge in [-0.25, -0.2) is 0 Å². The largest absolute Gasteiger partial charge is 0.367 e. The van der Waals surface area contributed by atoms with E-state index < -0.39 is 0 Å². The smallest absolute Gasteiger partial charge is 0.139 e. The van der Waals surface area contributed by atoms with Crippen molar-refractivity contribution in [3.63, 3.8) is 0 Å². The fourth-order valence-corrected chi connectivity index (χ4v) is 3.66. The highest BCUT2D eigenvalue weighted by atomic mass is 16.1. The Bertz CT molecular complexity index is 529. The Balaban J connectivity index is 1.81. The molecule has 2 aliphatic rings. The fraction of sp³-hybridized carbons (Fsp3) is 0.529. The number of Topliss-reactive ketones (excluding diaryl/α,β-unsaturated/α-hetero) is 1. The molecule has 3 heteroatoms. The number of nitriles is 1. The Labute approximate surface area is 120 Å². The normalized spacial score (nSPS) is 25.9. The van der Waals surface area contributed by atoms with E-state index in [4.69, 9.17) is 5.26 Å². The van der Waals surface area contributed by atoms with E-state index in [1.807, 2.05) is 12.1 Å². The van der Waals surface area contributed by atoms with Crippen molar-refractivity contribution in [3.05, 3.63) is 29.8 Å². The number of hydrogen-bond donors (Lipinski definition) is 0. The average molecular weight is 268 g/mol. The average Bonchev–Trinajstić information content (AvgIpc) is 2.49. The molecule has 1 aromatic carbocycles. The van der Waals surface area contributed by atoms with E-state index in [9.17, 15) is 4.79 Å². The van der Waals surface area contributed by atoms with Gasteiger partial charge in [-0.05, 0) is 30.5 Å². The van der Waals surface area contributed by atoms with E-state index >= 15 is 0 Å². The summed E-state index contributed by atoms with van der Waals surface area (Å²) < 4.78 is 0. The molecule has 0 spiro atoms. The number of anilines is 1. The maximum Gasteiger partial charge on any atom is 0.139 e. The molecule has 1 saturated carbocycles. The molecule has 1 saturated heterocycles. The van der Waals surface area contributed by atoms with Gasteiger partial charge in [-0.2, -0.15) is 5.26 Å². The minimum Gasteiger partial charge on any atom is -0.367 e. The Morgan fingerprint density at radius 2 is 1.95 bits per heavy atom. The first kappa shape index (κ1) is 13.2. The molecule has 20 heavy (non-hydrogen) atoms. The van der Waals surface area contributed by atoms with Crippen molar-refractivity contribution in [2.75, 3.05) is 11.4 Å². The Hall–Kier alpha value is -1.82. The molecule has 2 atom stereocenters. The summed E-state index contributed by atoms with van der Waals surface area (Å²) in [5, 5.41) is 8.72. The summed E-state index contributed by atoms with van der Waals surface area (Å²) in [5.74, 6) is 0.711. The summed E-state index contributed by atoms with van der Waals surface area (Å²) in [7, 11) is 0. The molecule has 1 heterocycles. The van der Waals surface area contributed by atoms with E-state index in [2.05, 4.69) is 23.1 Å². The second-order valence-corrected chi connectivity index (χ2v) is 5.87. The maximum absolute atomic E-state index is 12.1. The summed E-state index contributed by atoms with van der Waals surface area (Å²) in [6.45, 7) is 0.845. The molecule has 1 unspecified atom stereocenters. The van der Waals surface area contributed by atoms with Gasteiger partial charge in [0.05, 0.1) is 12.5 Å². The summed E-state index contributed by atoms with van der Waals surface area (Å²) >= 11 is 0. The predicted octanol–water partition coefficient (Wildman–Crippen LogP) is 3.09. The van der Waals surface area contributed by atoms with Crippen molar-refractivity contribution >= 4 is 11.5 Å². The van der Waals surface area contributed by atoms with E-state index in [0.29, 0.717) is 24.7 Å². The molecule has 0 amide bonds. The zero-order chi connectivity index (χ0) is 13.9. The first-order valence-corrected chi connectivity index (χ1v) is 7.55. The molecule has 3 nitrogen and oxygen atoms in total. The molecule has 104 valence electrons. The highest BCUT2D eigenvalue weighted by molar-refractivity contribution is 5.84. The second kappa shape index (κ2) is 5.66. The molecule has 2 fully saturated rings. The van der Waals surface area contributed by atoms with Crippen molar-refractivity contribution in [1.82, 2.24) is 0 Å². The quantitative estimate of drug-likeness (QED) is 0.828. The molecule has 3 rings (SSSR count). The Morgan fingerprint density at radius 3 is 2.70 bits per heavy atom. The van der Waals surface area contributed by atoms with Crippen molar-refractivity contribution < 1.29 is 4.79 Å². The van der Waals surface area contributed by atoms with Crippen molar-refractivity contribution in [3.8, 4) is 6.07 Å². The molecule has 1 aromatic rings. The minimum atomic E-state index is 0.247. The van der Waals surface area contributed by atoms with Crippen LogP contribution in [0, 0.1) is 17.2 Å². The Morgan fingerprint density at radius 1 is 1.20 bits per heavy atom. The summed E-state index contributed by atoms with van der Waals surface area (Å²) in [6.07, 6.45) is 5.77. The first-order chi connectivity index (χ1) is 9.79. The number of fused-ring (bicyclic) bond motifs is 1. The van der Waals surface area contributed by atoms with Gasteiger partial charge in [0.2, 0.25) is 0 Å². The molecule has 0 aromatic heterocycles. The standard InChI is InChI=1S/C17H20N2O/c18-11-9-13-5-7-14(8-6-13)19-12-10-17(20)15-3-1-2-4-16(15)19/h5-8,15-16H,1-4,9-10,12H2/t15?,16-/m1/s1. The third-order valence-corrected chi connectivity index (χ3v) is 4.69. The van der Waals surface area contributed by atoms with E-state index in [-0.39, 0.29) is 5.92 Å². The number of rotatable bonds is 2. The van der Waals surface area contributed by atoms with Gasteiger partial charge in [-0.3, -0.25) is 4.79 Å². The van der Waals surface area contributed by atoms with Crippen LogP contribution in [0.3, 0.4) is 0 Å². The van der Waals surface area contributed by atoms with Crippen LogP contribution in [0.15, 0.2) is 24.3 Å². The highest BCUT2D eigenvalue weighted by Crippen LogP contribution is 2.36. The van der Waals surface area contributed by atoms with Crippen LogP contribution in [-0.4, -0.2) is 18.4 Å². The fourth-order valence-electron chi connectivity index (χ4n) is 3.66. The lowest BCUT2D eigenvalue weighted by Gasteiger charge is -2.44. The van der Waals surface area contributed by atoms with Gasteiger partial charge in [0.15, 0.2) is 0 Å². The zero-order valence-corrected chi connectivity index (χ0v) is 11.7. The topological polar surface area (TPSA) is 44.1 Å². The molecule has 0 bridgehead atoms. The van der Waals surface area contributed by atoms with Gasteiger partial charge >= 0.3 is 0 Å². The predicted molar refractivity (Wildman–Crippen MR) is 78.5 cm³/mol. The third kappa shape index (κ3) is 2.43. The van der Waals surface area contributed by atoms with Crippen LogP contribution in [-0.2, 0) is 11.2 Å². The molecule has 1 aliphatic carbocycles. The van der Waals surface area contributed by atoms with Crippen LogP contribution in [0.4, 0.5) is 5.69 Å². The lowest BCUT2D eigenvalue weighted by atomic mass is 9.77. The van der Waals surface area contributed by atoms with Gasteiger partial charge in [0.1, 0.15) is 5.78 Å². The van der Waals surface area contributed by atoms with Crippen LogP contribution in [0.25, 0.3) is 0 Å². The first-order valence-electron chi connectivity index (χ1n) is 7.55. The van der Waals surface area contributed by atoms with Gasteiger partial charge in [-0.15, -0.1) is 0 Å². The van der Waals surface area contributed by atoms with E-state index in [1.54, 1.807) is 0 Å². The van der Waals surface area contributed by atoms with E-state index in [1.165, 1.54) is 18.5 Å². The van der Waals surface area contributed by atoms with Crippen LogP contribution < -0.4 is 4.90 Å². The highest BCUT2D eigenvalue weighted by Gasteiger charge is 2.38. The number of hydrogen-bond acceptors (Lipinski definition) is 3. The lowest BCUT2D eigenvalue weighted by Crippen LogP contribution is -2.51. The van der Waals surface area contributed by atoms with Gasteiger partial charge in [-0.1, -0.05) is 25.0 Å². The number of benzene rings is 1. The zero-order valence-electron chi connectivity index (χ0n) is 11.7. The molecular weight excluding hydrogens is 248 g/mol. The van der Waals surface area contributed by atoms with Crippen LogP contribution in [0.2, 0.25) is 0 Å². The summed E-state index contributed by atoms with van der Waals surface area (Å²) in [5.41, 5.74) is 2.26. The number of piperidine rings is 1. The van der Waals surface area contributed by atoms with Crippen LogP contribution >= 0.6 is 0 Å². The molecular formula is C17H20N2O. The molecule has 0 N–H and O–H groups in total. The van der Waals surface area contributed by atoms with Gasteiger partial charge in [0.25, 0.3) is 0 Å². The van der Waals surface area contributed by atoms with Crippen molar-refractivity contribution in [1.29, 1.82) is 5.26 Å². The van der Waals surface area contributed by atoms with Crippen LogP contribution in [0.1, 0.15) is 37.7 Å². The van der Waals surface area contributed by atoms with Crippen molar-refractivity contribution in [2.45, 2.75) is 44.6 Å². The van der Waals surface area contributed by atoms with Gasteiger partial charge < -0.3 is 4.90 Å². The monoisotopic (exact) mass is 268 g/mol. The SMILES string of the molecule is N#CCc1ccc(N2CCC(=O)C3CCCC[C@H]32)cc1. The third-order valence-electron chi connectivity index (χ3n) is 4.69. The molecule has 0 radical (unpaired) electrons. The van der Waals surface area contributed by atoms with Gasteiger partial charge in [0, 0.05) is 30.6 Å². The number of ketones is 1.